The van der Waals surface area contributed by atoms with E-state index in [2.05, 4.69) is 17.4 Å². The van der Waals surface area contributed by atoms with Gasteiger partial charge < -0.3 is 10.2 Å². The van der Waals surface area contributed by atoms with Gasteiger partial charge >= 0.3 is 0 Å². The van der Waals surface area contributed by atoms with Crippen molar-refractivity contribution >= 4 is 35.2 Å². The van der Waals surface area contributed by atoms with E-state index in [9.17, 15) is 9.59 Å². The van der Waals surface area contributed by atoms with Crippen LogP contribution in [0, 0.1) is 0 Å². The number of rotatable bonds is 13. The zero-order valence-corrected chi connectivity index (χ0v) is 22.6. The summed E-state index contributed by atoms with van der Waals surface area (Å²) in [6, 6.07) is 27.0. The lowest BCUT2D eigenvalue weighted by Gasteiger charge is -2.32. The first-order valence-corrected chi connectivity index (χ1v) is 14.0. The smallest absolute Gasteiger partial charge is 0.243 e. The molecule has 0 spiro atoms. The molecule has 0 bridgehead atoms. The SMILES string of the molecule is CC[C@H](C)NC(=O)[C@H](Cc1ccccc1)N(Cc1ccccc1Cl)C(=O)CCSCc1ccccc1. The molecule has 0 aliphatic rings. The Kier molecular flexibility index (Phi) is 11.4. The summed E-state index contributed by atoms with van der Waals surface area (Å²) in [6.07, 6.45) is 1.61. The van der Waals surface area contributed by atoms with E-state index in [4.69, 9.17) is 11.6 Å². The second-order valence-electron chi connectivity index (χ2n) is 8.92. The molecule has 2 atom stereocenters. The monoisotopic (exact) mass is 522 g/mol. The van der Waals surface area contributed by atoms with Crippen LogP contribution in [0.4, 0.5) is 0 Å². The van der Waals surface area contributed by atoms with E-state index in [0.717, 1.165) is 23.3 Å². The molecule has 0 radical (unpaired) electrons. The van der Waals surface area contributed by atoms with Crippen LogP contribution in [0.25, 0.3) is 0 Å². The third-order valence-electron chi connectivity index (χ3n) is 6.14. The minimum atomic E-state index is -0.635. The standard InChI is InChI=1S/C30H35ClN2O2S/c1-3-23(2)32-30(35)28(20-24-12-6-4-7-13-24)33(21-26-16-10-11-17-27(26)31)29(34)18-19-36-22-25-14-8-5-9-15-25/h4-17,23,28H,3,18-22H2,1-2H3,(H,32,35)/t23-,28-/m0/s1. The van der Waals surface area contributed by atoms with Crippen molar-refractivity contribution in [2.24, 2.45) is 0 Å². The van der Waals surface area contributed by atoms with Gasteiger partial charge in [0.05, 0.1) is 0 Å². The topological polar surface area (TPSA) is 49.4 Å². The first kappa shape index (κ1) is 27.8. The van der Waals surface area contributed by atoms with E-state index < -0.39 is 6.04 Å². The molecule has 0 aromatic heterocycles. The van der Waals surface area contributed by atoms with Crippen molar-refractivity contribution in [1.82, 2.24) is 10.2 Å². The van der Waals surface area contributed by atoms with Gasteiger partial charge in [-0.3, -0.25) is 9.59 Å². The van der Waals surface area contributed by atoms with E-state index in [1.165, 1.54) is 5.56 Å². The summed E-state index contributed by atoms with van der Waals surface area (Å²) in [5, 5.41) is 3.70. The van der Waals surface area contributed by atoms with E-state index in [-0.39, 0.29) is 24.4 Å². The molecule has 3 rings (SSSR count). The molecule has 3 aromatic rings. The van der Waals surface area contributed by atoms with Crippen LogP contribution in [0.3, 0.4) is 0 Å². The highest BCUT2D eigenvalue weighted by Gasteiger charge is 2.31. The Labute approximate surface area is 224 Å². The summed E-state index contributed by atoms with van der Waals surface area (Å²) in [6.45, 7) is 4.30. The number of halogens is 1. The number of carbonyl (C=O) groups is 2. The second-order valence-corrected chi connectivity index (χ2v) is 10.4. The van der Waals surface area contributed by atoms with Gasteiger partial charge in [0.15, 0.2) is 0 Å². The normalized spacial score (nSPS) is 12.5. The Hall–Kier alpha value is -2.76. The third-order valence-corrected chi connectivity index (χ3v) is 7.54. The molecule has 0 aliphatic heterocycles. The lowest BCUT2D eigenvalue weighted by atomic mass is 10.0. The van der Waals surface area contributed by atoms with Gasteiger partial charge in [0.2, 0.25) is 11.8 Å². The fourth-order valence-corrected chi connectivity index (χ4v) is 4.96. The first-order chi connectivity index (χ1) is 17.5. The van der Waals surface area contributed by atoms with Gasteiger partial charge in [0.25, 0.3) is 0 Å². The molecular formula is C30H35ClN2O2S. The number of benzene rings is 3. The van der Waals surface area contributed by atoms with Crippen molar-refractivity contribution in [3.63, 3.8) is 0 Å². The molecule has 0 saturated carbocycles. The van der Waals surface area contributed by atoms with Gasteiger partial charge in [-0.1, -0.05) is 97.4 Å². The molecule has 36 heavy (non-hydrogen) atoms. The first-order valence-electron chi connectivity index (χ1n) is 12.5. The molecule has 0 unspecified atom stereocenters. The number of thioether (sulfide) groups is 1. The lowest BCUT2D eigenvalue weighted by Crippen LogP contribution is -2.52. The van der Waals surface area contributed by atoms with Gasteiger partial charge in [0, 0.05) is 42.0 Å². The Morgan fingerprint density at radius 1 is 0.917 bits per heavy atom. The largest absolute Gasteiger partial charge is 0.352 e. The predicted molar refractivity (Wildman–Crippen MR) is 151 cm³/mol. The highest BCUT2D eigenvalue weighted by Crippen LogP contribution is 2.22. The van der Waals surface area contributed by atoms with Crippen molar-refractivity contribution in [3.8, 4) is 0 Å². The molecule has 1 N–H and O–H groups in total. The fourth-order valence-electron chi connectivity index (χ4n) is 3.87. The Morgan fingerprint density at radius 3 is 2.17 bits per heavy atom. The third kappa shape index (κ3) is 8.72. The molecule has 6 heteroatoms. The second kappa shape index (κ2) is 14.7. The maximum atomic E-state index is 13.7. The minimum Gasteiger partial charge on any atom is -0.352 e. The maximum absolute atomic E-state index is 13.7. The molecule has 0 saturated heterocycles. The zero-order chi connectivity index (χ0) is 25.8. The van der Waals surface area contributed by atoms with E-state index in [0.29, 0.717) is 23.6 Å². The zero-order valence-electron chi connectivity index (χ0n) is 21.0. The van der Waals surface area contributed by atoms with Crippen LogP contribution in [0.15, 0.2) is 84.9 Å². The number of nitrogens with one attached hydrogen (secondary N) is 1. The summed E-state index contributed by atoms with van der Waals surface area (Å²) < 4.78 is 0. The van der Waals surface area contributed by atoms with Crippen LogP contribution in [0.5, 0.6) is 0 Å². The molecular weight excluding hydrogens is 488 g/mol. The van der Waals surface area contributed by atoms with Crippen LogP contribution in [0.1, 0.15) is 43.4 Å². The van der Waals surface area contributed by atoms with Crippen LogP contribution in [-0.2, 0) is 28.3 Å². The quantitative estimate of drug-likeness (QED) is 0.260. The van der Waals surface area contributed by atoms with Crippen molar-refractivity contribution in [3.05, 3.63) is 107 Å². The molecule has 2 amide bonds. The minimum absolute atomic E-state index is 0.0227. The van der Waals surface area contributed by atoms with Crippen molar-refractivity contribution in [2.45, 2.75) is 57.5 Å². The molecule has 0 fully saturated rings. The fraction of sp³-hybridized carbons (Fsp3) is 0.333. The number of nitrogens with zero attached hydrogens (tertiary/aromatic N) is 1. The number of amides is 2. The van der Waals surface area contributed by atoms with E-state index in [1.807, 2.05) is 86.6 Å². The van der Waals surface area contributed by atoms with E-state index >= 15 is 0 Å². The van der Waals surface area contributed by atoms with Crippen LogP contribution >= 0.6 is 23.4 Å². The van der Waals surface area contributed by atoms with Gasteiger partial charge in [-0.05, 0) is 36.1 Å². The Balaban J connectivity index is 1.81. The predicted octanol–water partition coefficient (Wildman–Crippen LogP) is 6.52. The lowest BCUT2D eigenvalue weighted by molar-refractivity contribution is -0.141. The van der Waals surface area contributed by atoms with Crippen molar-refractivity contribution < 1.29 is 9.59 Å². The molecule has 0 heterocycles. The number of hydrogen-bond acceptors (Lipinski definition) is 3. The van der Waals surface area contributed by atoms with Gasteiger partial charge in [-0.15, -0.1) is 0 Å². The summed E-state index contributed by atoms with van der Waals surface area (Å²) in [5.41, 5.74) is 3.08. The summed E-state index contributed by atoms with van der Waals surface area (Å²) in [5.74, 6) is 1.35. The van der Waals surface area contributed by atoms with Gasteiger partial charge in [-0.25, -0.2) is 0 Å². The van der Waals surface area contributed by atoms with Crippen LogP contribution in [-0.4, -0.2) is 34.6 Å². The summed E-state index contributed by atoms with van der Waals surface area (Å²) >= 11 is 8.20. The molecule has 3 aromatic carbocycles. The molecule has 0 aliphatic carbocycles. The number of hydrogen-bond donors (Lipinski definition) is 1. The maximum Gasteiger partial charge on any atom is 0.243 e. The highest BCUT2D eigenvalue weighted by atomic mass is 35.5. The van der Waals surface area contributed by atoms with Crippen molar-refractivity contribution in [1.29, 1.82) is 0 Å². The average molecular weight is 523 g/mol. The van der Waals surface area contributed by atoms with Gasteiger partial charge in [0.1, 0.15) is 6.04 Å². The molecule has 4 nitrogen and oxygen atoms in total. The summed E-state index contributed by atoms with van der Waals surface area (Å²) in [7, 11) is 0. The number of carbonyl (C=O) groups excluding carboxylic acids is 2. The van der Waals surface area contributed by atoms with Gasteiger partial charge in [-0.2, -0.15) is 11.8 Å². The van der Waals surface area contributed by atoms with E-state index in [1.54, 1.807) is 16.7 Å². The average Bonchev–Trinajstić information content (AvgIpc) is 2.90. The van der Waals surface area contributed by atoms with Crippen molar-refractivity contribution in [2.75, 3.05) is 5.75 Å². The Morgan fingerprint density at radius 2 is 1.53 bits per heavy atom. The summed E-state index contributed by atoms with van der Waals surface area (Å²) in [4.78, 5) is 28.9. The van der Waals surface area contributed by atoms with Crippen LogP contribution < -0.4 is 5.32 Å². The van der Waals surface area contributed by atoms with Crippen LogP contribution in [0.2, 0.25) is 5.02 Å². The Bertz CT molecular complexity index is 1090. The highest BCUT2D eigenvalue weighted by molar-refractivity contribution is 7.98. The molecule has 190 valence electrons.